The third-order valence-corrected chi connectivity index (χ3v) is 4.60. The van der Waals surface area contributed by atoms with Gasteiger partial charge in [-0.15, -0.1) is 12.4 Å². The van der Waals surface area contributed by atoms with E-state index in [2.05, 4.69) is 15.5 Å². The van der Waals surface area contributed by atoms with Crippen molar-refractivity contribution in [1.29, 1.82) is 0 Å². The predicted octanol–water partition coefficient (Wildman–Crippen LogP) is 0.147. The van der Waals surface area contributed by atoms with Crippen LogP contribution in [0, 0.1) is 0 Å². The number of nitrogens with zero attached hydrogens (tertiary/aromatic N) is 1. The molecule has 0 bridgehead atoms. The third-order valence-electron chi connectivity index (χ3n) is 3.47. The number of benzene rings is 1. The minimum Gasteiger partial charge on any atom is -0.351 e. The summed E-state index contributed by atoms with van der Waals surface area (Å²) in [5.74, 6) is -0.176. The van der Waals surface area contributed by atoms with Crippen LogP contribution in [0.2, 0.25) is 0 Å². The number of piperazine rings is 1. The van der Waals surface area contributed by atoms with Gasteiger partial charge < -0.3 is 10.6 Å². The summed E-state index contributed by atoms with van der Waals surface area (Å²) in [5.41, 5.74) is 0.475. The molecular weight excluding hydrogens is 326 g/mol. The number of carbonyl (C=O) groups is 1. The molecule has 1 aliphatic heterocycles. The number of sulfone groups is 1. The topological polar surface area (TPSA) is 78.5 Å². The molecule has 2 N–H and O–H groups in total. The molecular formula is C14H22ClN3O3S. The van der Waals surface area contributed by atoms with Crippen LogP contribution in [0.5, 0.6) is 0 Å². The standard InChI is InChI=1S/C14H21N3O3S.ClH/c1-21(19,20)13-4-2-12(3-5-13)14(18)16-8-11-17-9-6-15-7-10-17;/h2-5,15H,6-11H2,1H3,(H,16,18);1H. The van der Waals surface area contributed by atoms with Gasteiger partial charge in [-0.3, -0.25) is 9.69 Å². The van der Waals surface area contributed by atoms with Crippen molar-refractivity contribution in [1.82, 2.24) is 15.5 Å². The quantitative estimate of drug-likeness (QED) is 0.792. The van der Waals surface area contributed by atoms with Crippen LogP contribution in [0.25, 0.3) is 0 Å². The average molecular weight is 348 g/mol. The fourth-order valence-electron chi connectivity index (χ4n) is 2.22. The molecule has 1 amide bonds. The predicted molar refractivity (Wildman–Crippen MR) is 88.4 cm³/mol. The molecule has 0 atom stereocenters. The zero-order valence-corrected chi connectivity index (χ0v) is 14.2. The molecule has 0 saturated carbocycles. The van der Waals surface area contributed by atoms with Crippen LogP contribution in [-0.2, 0) is 9.84 Å². The molecule has 0 spiro atoms. The lowest BCUT2D eigenvalue weighted by molar-refractivity contribution is 0.0947. The summed E-state index contributed by atoms with van der Waals surface area (Å²) in [6.07, 6.45) is 1.15. The van der Waals surface area contributed by atoms with E-state index in [9.17, 15) is 13.2 Å². The molecule has 124 valence electrons. The van der Waals surface area contributed by atoms with Crippen molar-refractivity contribution < 1.29 is 13.2 Å². The molecule has 1 heterocycles. The minimum atomic E-state index is -3.22. The van der Waals surface area contributed by atoms with Crippen molar-refractivity contribution in [3.8, 4) is 0 Å². The molecule has 22 heavy (non-hydrogen) atoms. The number of halogens is 1. The second kappa shape index (κ2) is 8.47. The van der Waals surface area contributed by atoms with Crippen LogP contribution in [0.4, 0.5) is 0 Å². The molecule has 1 fully saturated rings. The van der Waals surface area contributed by atoms with Crippen molar-refractivity contribution >= 4 is 28.2 Å². The number of rotatable bonds is 5. The lowest BCUT2D eigenvalue weighted by Gasteiger charge is -2.27. The zero-order valence-electron chi connectivity index (χ0n) is 12.5. The Morgan fingerprint density at radius 2 is 1.82 bits per heavy atom. The molecule has 0 aromatic heterocycles. The van der Waals surface area contributed by atoms with Crippen molar-refractivity contribution in [2.24, 2.45) is 0 Å². The van der Waals surface area contributed by atoms with Crippen LogP contribution in [0.3, 0.4) is 0 Å². The van der Waals surface area contributed by atoms with E-state index in [1.54, 1.807) is 0 Å². The largest absolute Gasteiger partial charge is 0.351 e. The summed E-state index contributed by atoms with van der Waals surface area (Å²) < 4.78 is 22.7. The maximum Gasteiger partial charge on any atom is 0.251 e. The summed E-state index contributed by atoms with van der Waals surface area (Å²) in [6.45, 7) is 5.39. The maximum absolute atomic E-state index is 12.0. The van der Waals surface area contributed by atoms with Crippen LogP contribution < -0.4 is 10.6 Å². The van der Waals surface area contributed by atoms with Crippen LogP contribution in [-0.4, -0.2) is 64.7 Å². The van der Waals surface area contributed by atoms with Crippen molar-refractivity contribution in [2.45, 2.75) is 4.90 Å². The van der Waals surface area contributed by atoms with E-state index < -0.39 is 9.84 Å². The number of hydrogen-bond donors (Lipinski definition) is 2. The first-order valence-corrected chi connectivity index (χ1v) is 8.87. The van der Waals surface area contributed by atoms with E-state index in [1.807, 2.05) is 0 Å². The van der Waals surface area contributed by atoms with E-state index in [4.69, 9.17) is 0 Å². The summed E-state index contributed by atoms with van der Waals surface area (Å²) in [7, 11) is -3.22. The summed E-state index contributed by atoms with van der Waals surface area (Å²) in [6, 6.07) is 5.99. The number of hydrogen-bond acceptors (Lipinski definition) is 5. The molecule has 2 rings (SSSR count). The van der Waals surface area contributed by atoms with Crippen LogP contribution in [0.1, 0.15) is 10.4 Å². The van der Waals surface area contributed by atoms with Gasteiger partial charge >= 0.3 is 0 Å². The highest BCUT2D eigenvalue weighted by atomic mass is 35.5. The molecule has 0 aliphatic carbocycles. The van der Waals surface area contributed by atoms with Gasteiger partial charge in [-0.1, -0.05) is 0 Å². The summed E-state index contributed by atoms with van der Waals surface area (Å²) in [4.78, 5) is 14.5. The Labute approximate surface area is 137 Å². The Morgan fingerprint density at radius 1 is 1.23 bits per heavy atom. The number of amides is 1. The Balaban J connectivity index is 0.00000242. The van der Waals surface area contributed by atoms with E-state index in [-0.39, 0.29) is 23.2 Å². The average Bonchev–Trinajstić information content (AvgIpc) is 2.47. The van der Waals surface area contributed by atoms with Crippen LogP contribution >= 0.6 is 12.4 Å². The SMILES string of the molecule is CS(=O)(=O)c1ccc(C(=O)NCCN2CCNCC2)cc1.Cl. The fraction of sp³-hybridized carbons (Fsp3) is 0.500. The van der Waals surface area contributed by atoms with Crippen molar-refractivity contribution in [3.05, 3.63) is 29.8 Å². The Bertz CT molecular complexity index is 584. The van der Waals surface area contributed by atoms with E-state index in [0.29, 0.717) is 12.1 Å². The van der Waals surface area contributed by atoms with Crippen molar-refractivity contribution in [3.63, 3.8) is 0 Å². The molecule has 6 nitrogen and oxygen atoms in total. The molecule has 1 aromatic carbocycles. The molecule has 1 aliphatic rings. The Morgan fingerprint density at radius 3 is 2.36 bits per heavy atom. The molecule has 1 aromatic rings. The van der Waals surface area contributed by atoms with Gasteiger partial charge in [0.2, 0.25) is 0 Å². The van der Waals surface area contributed by atoms with Gasteiger partial charge in [0.25, 0.3) is 5.91 Å². The first-order chi connectivity index (χ1) is 9.97. The summed E-state index contributed by atoms with van der Waals surface area (Å²) >= 11 is 0. The van der Waals surface area contributed by atoms with E-state index in [0.717, 1.165) is 39.0 Å². The molecule has 8 heteroatoms. The Kier molecular flexibility index (Phi) is 7.28. The second-order valence-electron chi connectivity index (χ2n) is 5.14. The Hall–Kier alpha value is -1.15. The maximum atomic E-state index is 12.0. The highest BCUT2D eigenvalue weighted by Crippen LogP contribution is 2.10. The minimum absolute atomic E-state index is 0. The first-order valence-electron chi connectivity index (χ1n) is 6.98. The number of nitrogens with one attached hydrogen (secondary N) is 2. The van der Waals surface area contributed by atoms with Gasteiger partial charge in [0.05, 0.1) is 4.90 Å². The van der Waals surface area contributed by atoms with Gasteiger partial charge in [-0.05, 0) is 24.3 Å². The van der Waals surface area contributed by atoms with Gasteiger partial charge in [0.15, 0.2) is 9.84 Å². The van der Waals surface area contributed by atoms with Gasteiger partial charge in [-0.25, -0.2) is 8.42 Å². The third kappa shape index (κ3) is 5.57. The van der Waals surface area contributed by atoms with Crippen molar-refractivity contribution in [2.75, 3.05) is 45.5 Å². The number of carbonyl (C=O) groups excluding carboxylic acids is 1. The van der Waals surface area contributed by atoms with Gasteiger partial charge in [0.1, 0.15) is 0 Å². The first kappa shape index (κ1) is 18.9. The second-order valence-corrected chi connectivity index (χ2v) is 7.16. The van der Waals surface area contributed by atoms with Gasteiger partial charge in [-0.2, -0.15) is 0 Å². The van der Waals surface area contributed by atoms with E-state index >= 15 is 0 Å². The lowest BCUT2D eigenvalue weighted by atomic mass is 10.2. The highest BCUT2D eigenvalue weighted by molar-refractivity contribution is 7.90. The molecule has 1 saturated heterocycles. The highest BCUT2D eigenvalue weighted by Gasteiger charge is 2.11. The fourth-order valence-corrected chi connectivity index (χ4v) is 2.85. The van der Waals surface area contributed by atoms with Crippen LogP contribution in [0.15, 0.2) is 29.2 Å². The normalized spacial score (nSPS) is 15.9. The smallest absolute Gasteiger partial charge is 0.251 e. The zero-order chi connectivity index (χ0) is 15.3. The summed E-state index contributed by atoms with van der Waals surface area (Å²) in [5, 5.41) is 6.13. The van der Waals surface area contributed by atoms with Gasteiger partial charge in [0, 0.05) is 51.1 Å². The molecule has 0 radical (unpaired) electrons. The lowest BCUT2D eigenvalue weighted by Crippen LogP contribution is -2.46. The monoisotopic (exact) mass is 347 g/mol. The van der Waals surface area contributed by atoms with E-state index in [1.165, 1.54) is 24.3 Å². The molecule has 0 unspecified atom stereocenters.